The highest BCUT2D eigenvalue weighted by molar-refractivity contribution is 8.77. The van der Waals surface area contributed by atoms with Gasteiger partial charge in [-0.05, 0) is 102 Å². The molecule has 4 rings (SSSR count). The Morgan fingerprint density at radius 2 is 0.572 bits per heavy atom. The van der Waals surface area contributed by atoms with Gasteiger partial charge in [-0.2, -0.15) is 0 Å². The molecule has 4 heterocycles. The monoisotopic (exact) mass is 2060 g/mol. The zero-order chi connectivity index (χ0) is 103. The quantitative estimate of drug-likeness (QED) is 0.0143. The van der Waals surface area contributed by atoms with Crippen molar-refractivity contribution in [3.63, 3.8) is 0 Å². The number of aliphatic hydroxyl groups is 1. The van der Waals surface area contributed by atoms with Gasteiger partial charge in [-0.1, -0.05) is 113 Å². The van der Waals surface area contributed by atoms with Gasteiger partial charge < -0.3 is 161 Å². The molecule has 774 valence electrons. The van der Waals surface area contributed by atoms with E-state index in [4.69, 9.17) is 55.7 Å². The first kappa shape index (κ1) is 119. The number of carbonyl (C=O) groups excluding carboxylic acids is 18. The third-order valence-corrected chi connectivity index (χ3v) is 28.4. The molecule has 138 heavy (non-hydrogen) atoms. The molecule has 60 heteroatoms. The summed E-state index contributed by atoms with van der Waals surface area (Å²) in [6.07, 6.45) is -5.10. The van der Waals surface area contributed by atoms with Crippen molar-refractivity contribution in [3.05, 3.63) is 0 Å². The molecule has 54 nitrogen and oxygen atoms in total. The Bertz CT molecular complexity index is 4290. The maximum absolute atomic E-state index is 15.6. The van der Waals surface area contributed by atoms with Gasteiger partial charge in [0.25, 0.3) is 0 Å². The third-order valence-electron chi connectivity index (χ3n) is 21.2. The van der Waals surface area contributed by atoms with Crippen molar-refractivity contribution in [2.24, 2.45) is 46.4 Å². The van der Waals surface area contributed by atoms with Gasteiger partial charge in [-0.3, -0.25) is 118 Å². The summed E-state index contributed by atoms with van der Waals surface area (Å²) in [5, 5.41) is 119. The van der Waals surface area contributed by atoms with E-state index in [0.717, 1.165) is 71.7 Å². The molecule has 4 fully saturated rings. The number of nitrogens with two attached hydrogens (primary N) is 5. The van der Waals surface area contributed by atoms with Gasteiger partial charge in [0, 0.05) is 73.7 Å². The van der Waals surface area contributed by atoms with Gasteiger partial charge in [0.15, 0.2) is 29.8 Å². The van der Waals surface area contributed by atoms with Gasteiger partial charge in [0.1, 0.15) is 96.7 Å². The summed E-state index contributed by atoms with van der Waals surface area (Å²) in [6.45, 7) is 8.49. The van der Waals surface area contributed by atoms with E-state index in [9.17, 15) is 53.4 Å². The average molecular weight is 2060 g/mol. The molecule has 0 aliphatic carbocycles. The molecule has 4 saturated heterocycles. The second-order valence-corrected chi connectivity index (χ2v) is 41.0. The molecule has 40 N–H and O–H groups in total. The molecule has 0 aromatic heterocycles. The molecule has 0 unspecified atom stereocenters. The maximum atomic E-state index is 15.6. The van der Waals surface area contributed by atoms with Crippen LogP contribution in [0.3, 0.4) is 0 Å². The van der Waals surface area contributed by atoms with E-state index >= 15 is 47.9 Å². The number of rotatable bonds is 29. The molecule has 0 radical (unpaired) electrons. The SMILES string of the molecule is CC[C@H](C)[C@@H]1NC(=O)[C@@H]2CSSC[C@H](NC(=O)[C@H](CCCNC(=N)N)NC(=O)[C@@H]3CSSC[C@H](NC1=O)C(=O)N[C@@H]([C@@H](C)O)C(=O)N[C@@H](CCCNC(=N)N)C(=O)NCC(=O)N[C@@H](CCC(=O)O)C(=O)N3)C(=O)N[C@@H](CC(C)C)C(=O)N[C@H]1CSSC[C@H](NC(=O)[C@H](C(C)C)NC(=O)CNC(=O)[C@H](CCCNC(=N)N)NC(=O)[C@H](CCCNC(=N)N)NC1=O)C(=O)N[C@@H](CCCNC(=N)N)C(=O)N2. The second kappa shape index (κ2) is 62.3. The Morgan fingerprint density at radius 1 is 0.326 bits per heavy atom. The smallest absolute Gasteiger partial charge is 0.303 e. The number of aliphatic hydroxyl groups excluding tert-OH is 1. The average Bonchev–Trinajstić information content (AvgIpc) is 0.834. The largest absolute Gasteiger partial charge is 0.481 e. The molecular weight excluding hydrogens is 1930 g/mol. The van der Waals surface area contributed by atoms with Crippen LogP contribution in [-0.2, 0) is 91.1 Å². The van der Waals surface area contributed by atoms with E-state index in [0.29, 0.717) is 0 Å². The molecule has 4 aliphatic heterocycles. The van der Waals surface area contributed by atoms with E-state index in [1.807, 2.05) is 0 Å². The van der Waals surface area contributed by atoms with Crippen LogP contribution < -0.4 is 151 Å². The lowest BCUT2D eigenvalue weighted by Gasteiger charge is -2.30. The zero-order valence-corrected chi connectivity index (χ0v) is 82.5. The number of aliphatic carboxylic acids is 1. The first-order chi connectivity index (χ1) is 65.2. The normalized spacial score (nSPS) is 26.2. The minimum absolute atomic E-state index is 0.00217. The molecule has 0 aromatic carbocycles. The van der Waals surface area contributed by atoms with E-state index < -0.39 is 329 Å². The lowest BCUT2D eigenvalue weighted by Crippen LogP contribution is -2.63. The summed E-state index contributed by atoms with van der Waals surface area (Å²) < 4.78 is 0. The number of carboxylic acids is 1. The fourth-order valence-corrected chi connectivity index (χ4v) is 20.4. The molecule has 6 bridgehead atoms. The molecule has 0 spiro atoms. The van der Waals surface area contributed by atoms with Crippen LogP contribution >= 0.6 is 64.8 Å². The number of guanidine groups is 5. The van der Waals surface area contributed by atoms with Crippen LogP contribution in [0.5, 0.6) is 0 Å². The Morgan fingerprint density at radius 3 is 0.870 bits per heavy atom. The number of amides is 18. The van der Waals surface area contributed by atoms with E-state index in [1.54, 1.807) is 34.6 Å². The standard InChI is InChI=1S/C78H135N33O21S6/c1-8-37(6)56-72(131)108-51-34-138-133-29-46(104-63(122)44(19-20-54(115)116)96-52(113)27-94-59(118)40(15-10-22-90-75(81)82)101-73(132)57(38(7)112)111-70(51)129)65(124)99-42(17-12-24-92-77(85)86)61(120)103-48-31-135-137-33-50(69(128)110-56)105-62(121)43(18-13-25-93-78(87)88)100-67(126)49-32-136-134-30-47(106-64(123)45(26-35(2)3)102-68(48)127)66(125)98-41(16-11-23-91-76(83)84)60(119)97-39(14-9-21-89-74(79)80)58(117)95-28-53(114)109-55(36(4)5)71(130)107-49/h35-51,55-57,112H,8-34H2,1-7H3,(H,94,118)(H,95,117)(H,96,113)(H,97,119)(H,98,125)(H,99,124)(H,100,126)(H,101,132)(H,102,127)(H,103,120)(H,104,122)(H,105,121)(H,106,123)(H,107,130)(H,108,131)(H,109,114)(H,110,128)(H,111,129)(H,115,116)(H4,79,80,89)(H4,81,82,90)(H4,83,84,91)(H4,85,86,92)(H4,87,88,93)/t37-,38+,39-,40-,41-,42-,43-,44-,45-,46-,47-,48-,49-,50-,51-,55-,56-,57-/m0/s1. The van der Waals surface area contributed by atoms with Gasteiger partial charge in [0.2, 0.25) is 106 Å². The predicted molar refractivity (Wildman–Crippen MR) is 520 cm³/mol. The molecule has 4 aliphatic rings. The predicted octanol–water partition coefficient (Wildman–Crippen LogP) is -10.5. The van der Waals surface area contributed by atoms with Gasteiger partial charge in [-0.15, -0.1) is 0 Å². The summed E-state index contributed by atoms with van der Waals surface area (Å²) in [6, 6.07) is -27.8. The Kier molecular flexibility index (Phi) is 53.6. The van der Waals surface area contributed by atoms with Crippen LogP contribution in [0.2, 0.25) is 0 Å². The van der Waals surface area contributed by atoms with E-state index in [1.165, 1.54) is 6.92 Å². The van der Waals surface area contributed by atoms with E-state index in [2.05, 4.69) is 122 Å². The number of carbonyl (C=O) groups is 19. The Balaban J connectivity index is 2.19. The van der Waals surface area contributed by atoms with Crippen molar-refractivity contribution in [2.75, 3.05) is 80.3 Å². The lowest BCUT2D eigenvalue weighted by molar-refractivity contribution is -0.138. The van der Waals surface area contributed by atoms with Crippen LogP contribution in [-0.4, -0.2) is 335 Å². The van der Waals surface area contributed by atoms with Crippen molar-refractivity contribution in [1.29, 1.82) is 27.0 Å². The Hall–Kier alpha value is -11.7. The van der Waals surface area contributed by atoms with Crippen LogP contribution in [0.25, 0.3) is 0 Å². The first-order valence-corrected chi connectivity index (χ1v) is 52.1. The fraction of sp³-hybridized carbons (Fsp3) is 0.692. The van der Waals surface area contributed by atoms with Gasteiger partial charge in [0.05, 0.1) is 19.2 Å². The number of carboxylic acid groups (broad SMARTS) is 1. The highest BCUT2D eigenvalue weighted by atomic mass is 33.1. The molecular formula is C78H135N33O21S6. The van der Waals surface area contributed by atoms with E-state index in [-0.39, 0.29) is 103 Å². The Labute approximate surface area is 820 Å². The first-order valence-electron chi connectivity index (χ1n) is 44.6. The molecule has 0 aromatic rings. The number of fused-ring (bicyclic) bond motifs is 15. The molecule has 0 saturated carbocycles. The lowest BCUT2D eigenvalue weighted by atomic mass is 9.97. The van der Waals surface area contributed by atoms with Crippen LogP contribution in [0.15, 0.2) is 0 Å². The number of nitrogens with one attached hydrogen (secondary N) is 28. The maximum Gasteiger partial charge on any atom is 0.303 e. The highest BCUT2D eigenvalue weighted by Crippen LogP contribution is 2.28. The summed E-state index contributed by atoms with van der Waals surface area (Å²) in [7, 11) is 4.60. The summed E-state index contributed by atoms with van der Waals surface area (Å²) in [5.74, 6) is -29.1. The van der Waals surface area contributed by atoms with Crippen LogP contribution in [0.1, 0.15) is 138 Å². The van der Waals surface area contributed by atoms with Gasteiger partial charge >= 0.3 is 5.97 Å². The van der Waals surface area contributed by atoms with Crippen molar-refractivity contribution >= 4 is 207 Å². The topological polar surface area (TPSA) is 891 Å². The summed E-state index contributed by atoms with van der Waals surface area (Å²) in [5.41, 5.74) is 27.9. The third kappa shape index (κ3) is 44.9. The fourth-order valence-electron chi connectivity index (χ4n) is 13.5. The van der Waals surface area contributed by atoms with Crippen molar-refractivity contribution in [3.8, 4) is 0 Å². The molecule has 18 amide bonds. The van der Waals surface area contributed by atoms with Crippen LogP contribution in [0.4, 0.5) is 0 Å². The summed E-state index contributed by atoms with van der Waals surface area (Å²) in [4.78, 5) is 282. The van der Waals surface area contributed by atoms with Crippen molar-refractivity contribution in [2.45, 2.75) is 241 Å². The highest BCUT2D eigenvalue weighted by Gasteiger charge is 2.42. The van der Waals surface area contributed by atoms with Gasteiger partial charge in [-0.25, -0.2) is 0 Å². The van der Waals surface area contributed by atoms with Crippen molar-refractivity contribution in [1.82, 2.24) is 122 Å². The zero-order valence-electron chi connectivity index (χ0n) is 77.6. The molecule has 18 atom stereocenters. The number of hydrogen-bond acceptors (Lipinski definition) is 31. The second-order valence-electron chi connectivity index (χ2n) is 33.4. The van der Waals surface area contributed by atoms with Crippen LogP contribution in [0, 0.1) is 44.8 Å². The minimum atomic E-state index is -1.97. The number of hydrogen-bond donors (Lipinski definition) is 35. The minimum Gasteiger partial charge on any atom is -0.481 e. The van der Waals surface area contributed by atoms with Crippen molar-refractivity contribution < 1.29 is 101 Å². The summed E-state index contributed by atoms with van der Waals surface area (Å²) >= 11 is 0.